The minimum Gasteiger partial charge on any atom is -0.399 e. The first-order chi connectivity index (χ1) is 9.29. The van der Waals surface area contributed by atoms with E-state index in [-0.39, 0.29) is 5.69 Å². The van der Waals surface area contributed by atoms with Gasteiger partial charge in [-0.1, -0.05) is 13.0 Å². The third-order valence-electron chi connectivity index (χ3n) is 4.32. The van der Waals surface area contributed by atoms with Gasteiger partial charge in [0.25, 0.3) is 0 Å². The Morgan fingerprint density at radius 3 is 2.65 bits per heavy atom. The lowest BCUT2D eigenvalue weighted by molar-refractivity contribution is -0.138. The number of likely N-dealkylation sites (tertiary alicyclic amines) is 1. The Balaban J connectivity index is 2.25. The van der Waals surface area contributed by atoms with Crippen LogP contribution in [-0.4, -0.2) is 17.5 Å². The summed E-state index contributed by atoms with van der Waals surface area (Å²) in [6.45, 7) is 5.44. The first-order valence-electron chi connectivity index (χ1n) is 6.98. The normalized spacial score (nSPS) is 24.9. The van der Waals surface area contributed by atoms with Crippen LogP contribution < -0.4 is 5.73 Å². The molecule has 1 saturated heterocycles. The van der Waals surface area contributed by atoms with Gasteiger partial charge in [0.1, 0.15) is 0 Å². The molecule has 0 amide bonds. The molecule has 1 aliphatic rings. The number of nitrogens with two attached hydrogens (primary N) is 1. The maximum absolute atomic E-state index is 13.1. The summed E-state index contributed by atoms with van der Waals surface area (Å²) < 4.78 is 39.2. The van der Waals surface area contributed by atoms with Crippen molar-refractivity contribution in [2.24, 2.45) is 5.92 Å². The quantitative estimate of drug-likeness (QED) is 0.835. The largest absolute Gasteiger partial charge is 0.416 e. The standard InChI is InChI=1S/C15H21F3N2/c1-10-4-3-7-20(11(10)2)9-12-5-6-13(19)8-14(12)15(16,17)18/h5-6,8,10-11H,3-4,7,9,19H2,1-2H3. The molecule has 1 aliphatic heterocycles. The van der Waals surface area contributed by atoms with Crippen LogP contribution in [0.2, 0.25) is 0 Å². The van der Waals surface area contributed by atoms with Crippen molar-refractivity contribution >= 4 is 5.69 Å². The van der Waals surface area contributed by atoms with E-state index in [1.807, 2.05) is 0 Å². The Labute approximate surface area is 117 Å². The lowest BCUT2D eigenvalue weighted by Crippen LogP contribution is -2.42. The molecule has 2 nitrogen and oxygen atoms in total. The molecule has 1 aromatic carbocycles. The summed E-state index contributed by atoms with van der Waals surface area (Å²) in [6, 6.07) is 4.39. The van der Waals surface area contributed by atoms with Crippen LogP contribution in [-0.2, 0) is 12.7 Å². The molecule has 20 heavy (non-hydrogen) atoms. The second kappa shape index (κ2) is 5.64. The van der Waals surface area contributed by atoms with Crippen molar-refractivity contribution in [2.45, 2.75) is 45.5 Å². The molecule has 1 fully saturated rings. The van der Waals surface area contributed by atoms with E-state index in [1.165, 1.54) is 6.07 Å². The van der Waals surface area contributed by atoms with E-state index in [4.69, 9.17) is 5.73 Å². The fourth-order valence-corrected chi connectivity index (χ4v) is 2.86. The molecule has 1 aromatic rings. The molecule has 0 spiro atoms. The van der Waals surface area contributed by atoms with Gasteiger partial charge < -0.3 is 5.73 Å². The molecule has 2 atom stereocenters. The van der Waals surface area contributed by atoms with E-state index in [2.05, 4.69) is 18.7 Å². The summed E-state index contributed by atoms with van der Waals surface area (Å²) >= 11 is 0. The van der Waals surface area contributed by atoms with Gasteiger partial charge in [0.15, 0.2) is 0 Å². The van der Waals surface area contributed by atoms with Gasteiger partial charge in [0.05, 0.1) is 5.56 Å². The predicted octanol–water partition coefficient (Wildman–Crippen LogP) is 3.91. The highest BCUT2D eigenvalue weighted by Gasteiger charge is 2.34. The molecule has 0 bridgehead atoms. The first-order valence-corrected chi connectivity index (χ1v) is 6.98. The van der Waals surface area contributed by atoms with Crippen LogP contribution in [0.4, 0.5) is 18.9 Å². The number of hydrogen-bond acceptors (Lipinski definition) is 2. The van der Waals surface area contributed by atoms with Crippen LogP contribution in [0.1, 0.15) is 37.8 Å². The van der Waals surface area contributed by atoms with E-state index in [9.17, 15) is 13.2 Å². The Hall–Kier alpha value is -1.23. The zero-order valence-corrected chi connectivity index (χ0v) is 11.9. The molecule has 2 N–H and O–H groups in total. The average molecular weight is 286 g/mol. The summed E-state index contributed by atoms with van der Waals surface area (Å²) in [7, 11) is 0. The van der Waals surface area contributed by atoms with E-state index in [0.717, 1.165) is 25.5 Å². The summed E-state index contributed by atoms with van der Waals surface area (Å²) in [5, 5.41) is 0. The number of alkyl halides is 3. The second-order valence-electron chi connectivity index (χ2n) is 5.74. The van der Waals surface area contributed by atoms with Gasteiger partial charge in [-0.25, -0.2) is 0 Å². The van der Waals surface area contributed by atoms with Gasteiger partial charge in [0.2, 0.25) is 0 Å². The SMILES string of the molecule is CC1CCCN(Cc2ccc(N)cc2C(F)(F)F)C1C. The number of piperidine rings is 1. The highest BCUT2D eigenvalue weighted by Crippen LogP contribution is 2.35. The highest BCUT2D eigenvalue weighted by molar-refractivity contribution is 5.46. The molecule has 0 aliphatic carbocycles. The monoisotopic (exact) mass is 286 g/mol. The van der Waals surface area contributed by atoms with Crippen molar-refractivity contribution in [1.82, 2.24) is 4.90 Å². The third kappa shape index (κ3) is 3.26. The van der Waals surface area contributed by atoms with Gasteiger partial charge in [-0.3, -0.25) is 4.90 Å². The van der Waals surface area contributed by atoms with Crippen LogP contribution >= 0.6 is 0 Å². The van der Waals surface area contributed by atoms with Crippen molar-refractivity contribution in [1.29, 1.82) is 0 Å². The number of nitrogen functional groups attached to an aromatic ring is 1. The number of anilines is 1. The summed E-state index contributed by atoms with van der Waals surface area (Å²) in [4.78, 5) is 2.13. The average Bonchev–Trinajstić information content (AvgIpc) is 2.36. The third-order valence-corrected chi connectivity index (χ3v) is 4.32. The van der Waals surface area contributed by atoms with Crippen molar-refractivity contribution < 1.29 is 13.2 Å². The lowest BCUT2D eigenvalue weighted by atomic mass is 9.91. The van der Waals surface area contributed by atoms with Crippen molar-refractivity contribution in [3.63, 3.8) is 0 Å². The van der Waals surface area contributed by atoms with Gasteiger partial charge in [-0.2, -0.15) is 13.2 Å². The molecule has 2 rings (SSSR count). The minimum atomic E-state index is -4.35. The zero-order valence-electron chi connectivity index (χ0n) is 11.9. The fourth-order valence-electron chi connectivity index (χ4n) is 2.86. The molecular weight excluding hydrogens is 265 g/mol. The van der Waals surface area contributed by atoms with Gasteiger partial charge in [0, 0.05) is 18.3 Å². The van der Waals surface area contributed by atoms with E-state index < -0.39 is 11.7 Å². The molecule has 2 unspecified atom stereocenters. The van der Waals surface area contributed by atoms with Crippen molar-refractivity contribution in [3.8, 4) is 0 Å². The molecule has 0 radical (unpaired) electrons. The van der Waals surface area contributed by atoms with E-state index in [1.54, 1.807) is 6.07 Å². The first kappa shape index (κ1) is 15.2. The summed E-state index contributed by atoms with van der Waals surface area (Å²) in [5.41, 5.74) is 5.35. The van der Waals surface area contributed by atoms with E-state index >= 15 is 0 Å². The van der Waals surface area contributed by atoms with Crippen molar-refractivity contribution in [2.75, 3.05) is 12.3 Å². The second-order valence-corrected chi connectivity index (χ2v) is 5.74. The molecule has 0 aromatic heterocycles. The number of benzene rings is 1. The predicted molar refractivity (Wildman–Crippen MR) is 74.1 cm³/mol. The summed E-state index contributed by atoms with van der Waals surface area (Å²) in [6.07, 6.45) is -2.16. The Morgan fingerprint density at radius 1 is 1.30 bits per heavy atom. The van der Waals surface area contributed by atoms with Crippen LogP contribution in [0.3, 0.4) is 0 Å². The zero-order chi connectivity index (χ0) is 14.9. The van der Waals surface area contributed by atoms with Crippen LogP contribution in [0, 0.1) is 5.92 Å². The maximum Gasteiger partial charge on any atom is 0.416 e. The van der Waals surface area contributed by atoms with Crippen molar-refractivity contribution in [3.05, 3.63) is 29.3 Å². The molecule has 1 heterocycles. The maximum atomic E-state index is 13.1. The molecule has 112 valence electrons. The number of rotatable bonds is 2. The molecular formula is C15H21F3N2. The Bertz CT molecular complexity index is 471. The Morgan fingerprint density at radius 2 is 2.00 bits per heavy atom. The van der Waals surface area contributed by atoms with Crippen LogP contribution in [0.25, 0.3) is 0 Å². The minimum absolute atomic E-state index is 0.154. The highest BCUT2D eigenvalue weighted by atomic mass is 19.4. The molecule has 5 heteroatoms. The number of halogens is 3. The smallest absolute Gasteiger partial charge is 0.399 e. The van der Waals surface area contributed by atoms with Gasteiger partial charge in [-0.15, -0.1) is 0 Å². The molecule has 0 saturated carbocycles. The summed E-state index contributed by atoms with van der Waals surface area (Å²) in [5.74, 6) is 0.520. The number of nitrogens with zero attached hydrogens (tertiary/aromatic N) is 1. The van der Waals surface area contributed by atoms with Crippen LogP contribution in [0.5, 0.6) is 0 Å². The lowest BCUT2D eigenvalue weighted by Gasteiger charge is -2.38. The Kier molecular flexibility index (Phi) is 4.28. The van der Waals surface area contributed by atoms with E-state index in [0.29, 0.717) is 24.1 Å². The topological polar surface area (TPSA) is 29.3 Å². The number of hydrogen-bond donors (Lipinski definition) is 1. The van der Waals surface area contributed by atoms with Gasteiger partial charge >= 0.3 is 6.18 Å². The van der Waals surface area contributed by atoms with Gasteiger partial charge in [-0.05, 0) is 49.9 Å². The van der Waals surface area contributed by atoms with Crippen LogP contribution in [0.15, 0.2) is 18.2 Å². The fraction of sp³-hybridized carbons (Fsp3) is 0.600.